The lowest BCUT2D eigenvalue weighted by Crippen LogP contribution is -2.43. The van der Waals surface area contributed by atoms with Crippen LogP contribution in [0.25, 0.3) is 0 Å². The molecule has 16 heavy (non-hydrogen) atoms. The number of hydrogen-bond acceptors (Lipinski definition) is 3. The van der Waals surface area contributed by atoms with Gasteiger partial charge in [0.05, 0.1) is 6.61 Å². The Bertz CT molecular complexity index is 215. The molecule has 0 heterocycles. The minimum Gasteiger partial charge on any atom is -0.370 e. The van der Waals surface area contributed by atoms with Crippen LogP contribution in [0.1, 0.15) is 41.0 Å². The second kappa shape index (κ2) is 6.86. The molecule has 2 unspecified atom stereocenters. The highest BCUT2D eigenvalue weighted by Crippen LogP contribution is 2.04. The molecule has 4 heteroatoms. The van der Waals surface area contributed by atoms with E-state index in [1.807, 2.05) is 20.8 Å². The van der Waals surface area contributed by atoms with E-state index in [2.05, 4.69) is 19.2 Å². The molecular formula is C12H26N2O2. The average molecular weight is 230 g/mol. The van der Waals surface area contributed by atoms with Gasteiger partial charge in [-0.3, -0.25) is 4.79 Å². The second-order valence-electron chi connectivity index (χ2n) is 5.10. The van der Waals surface area contributed by atoms with Crippen LogP contribution in [-0.4, -0.2) is 30.7 Å². The van der Waals surface area contributed by atoms with Crippen molar-refractivity contribution in [2.45, 2.75) is 52.6 Å². The molecule has 0 saturated heterocycles. The molecule has 0 aromatic carbocycles. The number of rotatable bonds is 7. The maximum Gasteiger partial charge on any atom is 0.246 e. The second-order valence-corrected chi connectivity index (χ2v) is 5.10. The molecule has 0 aliphatic rings. The average Bonchev–Trinajstić information content (AvgIpc) is 2.17. The summed E-state index contributed by atoms with van der Waals surface area (Å²) < 4.78 is 5.29. The molecule has 0 rings (SSSR count). The lowest BCUT2D eigenvalue weighted by atomic mass is 10.0. The Balaban J connectivity index is 3.75. The number of carbonyl (C=O) groups excluding carboxylic acids is 1. The number of nitrogens with two attached hydrogens (primary N) is 1. The van der Waals surface area contributed by atoms with Gasteiger partial charge in [-0.05, 0) is 26.2 Å². The van der Waals surface area contributed by atoms with Gasteiger partial charge in [0.1, 0.15) is 6.61 Å². The maximum absolute atomic E-state index is 11.5. The van der Waals surface area contributed by atoms with E-state index in [-0.39, 0.29) is 24.1 Å². The molecule has 0 aromatic rings. The molecular weight excluding hydrogens is 204 g/mol. The Hall–Kier alpha value is -0.610. The van der Waals surface area contributed by atoms with E-state index in [4.69, 9.17) is 10.5 Å². The Labute approximate surface area is 98.9 Å². The van der Waals surface area contributed by atoms with E-state index < -0.39 is 0 Å². The lowest BCUT2D eigenvalue weighted by molar-refractivity contribution is -0.127. The van der Waals surface area contributed by atoms with Crippen LogP contribution in [0, 0.1) is 5.92 Å². The summed E-state index contributed by atoms with van der Waals surface area (Å²) in [6, 6.07) is 0.173. The van der Waals surface area contributed by atoms with E-state index in [1.165, 1.54) is 0 Å². The van der Waals surface area contributed by atoms with Crippen molar-refractivity contribution in [1.29, 1.82) is 0 Å². The largest absolute Gasteiger partial charge is 0.370 e. The van der Waals surface area contributed by atoms with E-state index >= 15 is 0 Å². The lowest BCUT2D eigenvalue weighted by Gasteiger charge is -2.23. The molecule has 0 aromatic heterocycles. The Kier molecular flexibility index (Phi) is 6.60. The standard InChI is InChI=1S/C12H26N2O2/c1-6-12(5,13)8-16-7-11(15)14-10(4)9(2)3/h9-10H,6-8,13H2,1-5H3,(H,14,15). The molecule has 0 saturated carbocycles. The van der Waals surface area contributed by atoms with Crippen molar-refractivity contribution in [2.24, 2.45) is 11.7 Å². The van der Waals surface area contributed by atoms with Gasteiger partial charge in [-0.15, -0.1) is 0 Å². The molecule has 1 amide bonds. The molecule has 2 atom stereocenters. The van der Waals surface area contributed by atoms with Gasteiger partial charge in [0.15, 0.2) is 0 Å². The number of carbonyl (C=O) groups is 1. The zero-order valence-electron chi connectivity index (χ0n) is 11.2. The van der Waals surface area contributed by atoms with Gasteiger partial charge in [0, 0.05) is 11.6 Å². The van der Waals surface area contributed by atoms with Crippen LogP contribution in [0.2, 0.25) is 0 Å². The van der Waals surface area contributed by atoms with Crippen LogP contribution in [-0.2, 0) is 9.53 Å². The highest BCUT2D eigenvalue weighted by Gasteiger charge is 2.17. The fourth-order valence-corrected chi connectivity index (χ4v) is 0.941. The van der Waals surface area contributed by atoms with E-state index in [0.29, 0.717) is 12.5 Å². The van der Waals surface area contributed by atoms with Crippen LogP contribution in [0.15, 0.2) is 0 Å². The van der Waals surface area contributed by atoms with Gasteiger partial charge in [-0.1, -0.05) is 20.8 Å². The van der Waals surface area contributed by atoms with Crippen LogP contribution >= 0.6 is 0 Å². The molecule has 96 valence electrons. The summed E-state index contributed by atoms with van der Waals surface area (Å²) in [6.07, 6.45) is 0.830. The van der Waals surface area contributed by atoms with Crippen LogP contribution in [0.4, 0.5) is 0 Å². The van der Waals surface area contributed by atoms with Crippen molar-refractivity contribution in [3.63, 3.8) is 0 Å². The minimum absolute atomic E-state index is 0.0758. The molecule has 0 spiro atoms. The van der Waals surface area contributed by atoms with Gasteiger partial charge in [0.25, 0.3) is 0 Å². The van der Waals surface area contributed by atoms with Gasteiger partial charge in [-0.25, -0.2) is 0 Å². The van der Waals surface area contributed by atoms with Crippen LogP contribution in [0.5, 0.6) is 0 Å². The molecule has 0 aliphatic heterocycles. The minimum atomic E-state index is -0.343. The molecule has 0 bridgehead atoms. The SMILES string of the molecule is CCC(C)(N)COCC(=O)NC(C)C(C)C. The normalized spacial score (nSPS) is 16.9. The summed E-state index contributed by atoms with van der Waals surface area (Å²) in [4.78, 5) is 11.5. The first-order chi connectivity index (χ1) is 7.28. The molecule has 0 aliphatic carbocycles. The number of ether oxygens (including phenoxy) is 1. The summed E-state index contributed by atoms with van der Waals surface area (Å²) >= 11 is 0. The summed E-state index contributed by atoms with van der Waals surface area (Å²) in [5, 5.41) is 2.88. The first-order valence-electron chi connectivity index (χ1n) is 5.94. The predicted octanol–water partition coefficient (Wildman–Crippen LogP) is 1.29. The third-order valence-corrected chi connectivity index (χ3v) is 2.86. The monoisotopic (exact) mass is 230 g/mol. The fourth-order valence-electron chi connectivity index (χ4n) is 0.941. The van der Waals surface area contributed by atoms with E-state index in [1.54, 1.807) is 0 Å². The van der Waals surface area contributed by atoms with Crippen molar-refractivity contribution in [3.8, 4) is 0 Å². The highest BCUT2D eigenvalue weighted by molar-refractivity contribution is 5.77. The number of amides is 1. The van der Waals surface area contributed by atoms with Crippen molar-refractivity contribution < 1.29 is 9.53 Å². The Morgan fingerprint density at radius 2 is 2.00 bits per heavy atom. The quantitative estimate of drug-likeness (QED) is 0.692. The maximum atomic E-state index is 11.5. The zero-order chi connectivity index (χ0) is 12.8. The number of hydrogen-bond donors (Lipinski definition) is 2. The van der Waals surface area contributed by atoms with Crippen LogP contribution in [0.3, 0.4) is 0 Å². The van der Waals surface area contributed by atoms with E-state index in [0.717, 1.165) is 6.42 Å². The summed E-state index contributed by atoms with van der Waals surface area (Å²) in [5.41, 5.74) is 5.55. The number of nitrogens with one attached hydrogen (secondary N) is 1. The van der Waals surface area contributed by atoms with Crippen molar-refractivity contribution >= 4 is 5.91 Å². The summed E-state index contributed by atoms with van der Waals surface area (Å²) in [5.74, 6) is 0.354. The molecule has 4 nitrogen and oxygen atoms in total. The van der Waals surface area contributed by atoms with Crippen LogP contribution < -0.4 is 11.1 Å². The highest BCUT2D eigenvalue weighted by atomic mass is 16.5. The van der Waals surface area contributed by atoms with Gasteiger partial charge in [0.2, 0.25) is 5.91 Å². The molecule has 3 N–H and O–H groups in total. The Morgan fingerprint density at radius 1 is 1.44 bits per heavy atom. The fraction of sp³-hybridized carbons (Fsp3) is 0.917. The van der Waals surface area contributed by atoms with E-state index in [9.17, 15) is 4.79 Å². The van der Waals surface area contributed by atoms with Crippen molar-refractivity contribution in [1.82, 2.24) is 5.32 Å². The predicted molar refractivity (Wildman–Crippen MR) is 66.1 cm³/mol. The van der Waals surface area contributed by atoms with Gasteiger partial charge < -0.3 is 15.8 Å². The molecule has 0 fully saturated rings. The summed E-state index contributed by atoms with van der Waals surface area (Å²) in [6.45, 7) is 10.5. The smallest absolute Gasteiger partial charge is 0.246 e. The third-order valence-electron chi connectivity index (χ3n) is 2.86. The third kappa shape index (κ3) is 6.80. The summed E-state index contributed by atoms with van der Waals surface area (Å²) in [7, 11) is 0. The van der Waals surface area contributed by atoms with Gasteiger partial charge in [-0.2, -0.15) is 0 Å². The first kappa shape index (κ1) is 15.4. The molecule has 0 radical (unpaired) electrons. The van der Waals surface area contributed by atoms with Crippen molar-refractivity contribution in [2.75, 3.05) is 13.2 Å². The first-order valence-corrected chi connectivity index (χ1v) is 5.94. The Morgan fingerprint density at radius 3 is 2.44 bits per heavy atom. The topological polar surface area (TPSA) is 64.3 Å². The zero-order valence-corrected chi connectivity index (χ0v) is 11.2. The van der Waals surface area contributed by atoms with Gasteiger partial charge >= 0.3 is 0 Å². The van der Waals surface area contributed by atoms with Crippen molar-refractivity contribution in [3.05, 3.63) is 0 Å².